The van der Waals surface area contributed by atoms with Gasteiger partial charge in [-0.05, 0) is 61.8 Å². The molecule has 2 aromatic rings. The molecule has 0 unspecified atom stereocenters. The third kappa shape index (κ3) is 4.75. The number of piperidine rings is 1. The minimum Gasteiger partial charge on any atom is -0.369 e. The highest BCUT2D eigenvalue weighted by atomic mass is 79.9. The summed E-state index contributed by atoms with van der Waals surface area (Å²) >= 11 is 15.1. The molecule has 2 aromatic carbocycles. The van der Waals surface area contributed by atoms with Crippen LogP contribution in [0.25, 0.3) is 0 Å². The summed E-state index contributed by atoms with van der Waals surface area (Å²) in [4.78, 5) is 14.6. The number of halogens is 2. The van der Waals surface area contributed by atoms with E-state index < -0.39 is 0 Å². The van der Waals surface area contributed by atoms with Crippen molar-refractivity contribution in [2.75, 3.05) is 23.3 Å². The second-order valence-corrected chi connectivity index (χ2v) is 7.83. The number of carbonyl (C=O) groups is 1. The van der Waals surface area contributed by atoms with Crippen LogP contribution >= 0.6 is 39.7 Å². The Morgan fingerprint density at radius 3 is 2.58 bits per heavy atom. The van der Waals surface area contributed by atoms with Crippen molar-refractivity contribution in [3.63, 3.8) is 0 Å². The standard InChI is InChI=1S/C19H19BrClN3OS/c20-14-7-4-6-13(12-14)18(25)23-19(26)22-16-9-5-8-15(21)17(16)24-10-2-1-3-11-24/h4-9,12H,1-3,10-11H2,(H2,22,23,25,26). The van der Waals surface area contributed by atoms with Gasteiger partial charge in [0.2, 0.25) is 0 Å². The zero-order valence-electron chi connectivity index (χ0n) is 14.1. The van der Waals surface area contributed by atoms with Gasteiger partial charge in [-0.2, -0.15) is 0 Å². The largest absolute Gasteiger partial charge is 0.369 e. The predicted molar refractivity (Wildman–Crippen MR) is 115 cm³/mol. The van der Waals surface area contributed by atoms with E-state index in [0.717, 1.165) is 41.8 Å². The van der Waals surface area contributed by atoms with Crippen LogP contribution < -0.4 is 15.5 Å². The van der Waals surface area contributed by atoms with Crippen LogP contribution in [0.1, 0.15) is 29.6 Å². The first-order valence-corrected chi connectivity index (χ1v) is 10.0. The summed E-state index contributed by atoms with van der Waals surface area (Å²) in [6.45, 7) is 1.94. The molecule has 0 aromatic heterocycles. The zero-order valence-corrected chi connectivity index (χ0v) is 17.3. The molecule has 136 valence electrons. The number of para-hydroxylation sites is 1. The summed E-state index contributed by atoms with van der Waals surface area (Å²) in [7, 11) is 0. The number of rotatable bonds is 3. The van der Waals surface area contributed by atoms with E-state index in [1.807, 2.05) is 24.3 Å². The van der Waals surface area contributed by atoms with Crippen LogP contribution in [-0.2, 0) is 0 Å². The lowest BCUT2D eigenvalue weighted by Crippen LogP contribution is -2.35. The van der Waals surface area contributed by atoms with E-state index in [4.69, 9.17) is 23.8 Å². The van der Waals surface area contributed by atoms with Gasteiger partial charge in [-0.15, -0.1) is 0 Å². The van der Waals surface area contributed by atoms with Gasteiger partial charge in [0.15, 0.2) is 5.11 Å². The first-order chi connectivity index (χ1) is 12.5. The lowest BCUT2D eigenvalue weighted by molar-refractivity contribution is 0.0977. The lowest BCUT2D eigenvalue weighted by Gasteiger charge is -2.31. The van der Waals surface area contributed by atoms with E-state index in [1.54, 1.807) is 18.2 Å². The number of hydrogen-bond acceptors (Lipinski definition) is 3. The van der Waals surface area contributed by atoms with Crippen molar-refractivity contribution in [3.8, 4) is 0 Å². The summed E-state index contributed by atoms with van der Waals surface area (Å²) in [5.74, 6) is -0.259. The van der Waals surface area contributed by atoms with Crippen molar-refractivity contribution in [3.05, 3.63) is 57.5 Å². The fourth-order valence-corrected chi connectivity index (χ4v) is 3.91. The molecule has 1 heterocycles. The van der Waals surface area contributed by atoms with Crippen LogP contribution in [0.5, 0.6) is 0 Å². The molecule has 0 radical (unpaired) electrons. The Kier molecular flexibility index (Phi) is 6.51. The Bertz CT molecular complexity index is 824. The molecule has 26 heavy (non-hydrogen) atoms. The molecule has 0 aliphatic carbocycles. The highest BCUT2D eigenvalue weighted by Crippen LogP contribution is 2.35. The maximum absolute atomic E-state index is 12.4. The first-order valence-electron chi connectivity index (χ1n) is 8.46. The van der Waals surface area contributed by atoms with Crippen molar-refractivity contribution in [1.82, 2.24) is 5.32 Å². The van der Waals surface area contributed by atoms with Gasteiger partial charge in [0.05, 0.1) is 16.4 Å². The van der Waals surface area contributed by atoms with Gasteiger partial charge in [-0.25, -0.2) is 0 Å². The van der Waals surface area contributed by atoms with Gasteiger partial charge in [0, 0.05) is 23.1 Å². The monoisotopic (exact) mass is 451 g/mol. The molecule has 1 amide bonds. The van der Waals surface area contributed by atoms with Crippen LogP contribution in [0.2, 0.25) is 5.02 Å². The molecule has 2 N–H and O–H groups in total. The molecule has 0 saturated carbocycles. The van der Waals surface area contributed by atoms with E-state index in [-0.39, 0.29) is 11.0 Å². The third-order valence-corrected chi connectivity index (χ3v) is 5.22. The quantitative estimate of drug-likeness (QED) is 0.627. The summed E-state index contributed by atoms with van der Waals surface area (Å²) in [5, 5.41) is 6.77. The van der Waals surface area contributed by atoms with Gasteiger partial charge in [0.25, 0.3) is 5.91 Å². The number of amides is 1. The smallest absolute Gasteiger partial charge is 0.257 e. The van der Waals surface area contributed by atoms with Crippen molar-refractivity contribution in [2.24, 2.45) is 0 Å². The average Bonchev–Trinajstić information content (AvgIpc) is 2.62. The number of thiocarbonyl (C=S) groups is 1. The molecule has 3 rings (SSSR count). The van der Waals surface area contributed by atoms with Crippen LogP contribution in [0.4, 0.5) is 11.4 Å². The van der Waals surface area contributed by atoms with E-state index in [1.165, 1.54) is 6.42 Å². The molecule has 1 aliphatic heterocycles. The van der Waals surface area contributed by atoms with E-state index in [0.29, 0.717) is 10.6 Å². The van der Waals surface area contributed by atoms with Gasteiger partial charge in [-0.3, -0.25) is 10.1 Å². The fourth-order valence-electron chi connectivity index (χ4n) is 3.01. The Labute approximate surface area is 172 Å². The predicted octanol–water partition coefficient (Wildman–Crippen LogP) is 5.22. The van der Waals surface area contributed by atoms with Crippen LogP contribution in [0.15, 0.2) is 46.9 Å². The number of benzene rings is 2. The van der Waals surface area contributed by atoms with Crippen LogP contribution in [0, 0.1) is 0 Å². The van der Waals surface area contributed by atoms with Crippen molar-refractivity contribution < 1.29 is 4.79 Å². The molecule has 1 aliphatic rings. The molecule has 1 fully saturated rings. The van der Waals surface area contributed by atoms with Crippen molar-refractivity contribution >= 4 is 62.1 Å². The van der Waals surface area contributed by atoms with Crippen LogP contribution in [0.3, 0.4) is 0 Å². The topological polar surface area (TPSA) is 44.4 Å². The van der Waals surface area contributed by atoms with Gasteiger partial charge in [0.1, 0.15) is 0 Å². The molecular weight excluding hydrogens is 434 g/mol. The van der Waals surface area contributed by atoms with E-state index in [2.05, 4.69) is 31.5 Å². The van der Waals surface area contributed by atoms with Gasteiger partial charge in [-0.1, -0.05) is 39.7 Å². The van der Waals surface area contributed by atoms with Gasteiger partial charge >= 0.3 is 0 Å². The second-order valence-electron chi connectivity index (χ2n) is 6.10. The number of nitrogens with one attached hydrogen (secondary N) is 2. The molecule has 0 atom stereocenters. The Morgan fingerprint density at radius 1 is 1.12 bits per heavy atom. The van der Waals surface area contributed by atoms with E-state index >= 15 is 0 Å². The highest BCUT2D eigenvalue weighted by Gasteiger charge is 2.18. The Hall–Kier alpha value is -1.63. The number of anilines is 2. The van der Waals surface area contributed by atoms with Gasteiger partial charge < -0.3 is 10.2 Å². The van der Waals surface area contributed by atoms with Crippen LogP contribution in [-0.4, -0.2) is 24.1 Å². The number of nitrogens with zero attached hydrogens (tertiary/aromatic N) is 1. The molecule has 0 spiro atoms. The normalized spacial score (nSPS) is 14.0. The Balaban J connectivity index is 1.73. The molecule has 7 heteroatoms. The lowest BCUT2D eigenvalue weighted by atomic mass is 10.1. The fraction of sp³-hybridized carbons (Fsp3) is 0.263. The SMILES string of the molecule is O=C(NC(=S)Nc1cccc(Cl)c1N1CCCCC1)c1cccc(Br)c1. The molecule has 1 saturated heterocycles. The first kappa shape index (κ1) is 19.1. The number of carbonyl (C=O) groups excluding carboxylic acids is 1. The third-order valence-electron chi connectivity index (χ3n) is 4.22. The Morgan fingerprint density at radius 2 is 1.85 bits per heavy atom. The summed E-state index contributed by atoms with van der Waals surface area (Å²) in [6, 6.07) is 12.8. The van der Waals surface area contributed by atoms with Crippen molar-refractivity contribution in [1.29, 1.82) is 0 Å². The molecule has 4 nitrogen and oxygen atoms in total. The highest BCUT2D eigenvalue weighted by molar-refractivity contribution is 9.10. The van der Waals surface area contributed by atoms with E-state index in [9.17, 15) is 4.79 Å². The zero-order chi connectivity index (χ0) is 18.5. The summed E-state index contributed by atoms with van der Waals surface area (Å²) in [6.07, 6.45) is 3.54. The maximum Gasteiger partial charge on any atom is 0.257 e. The molecular formula is C19H19BrClN3OS. The average molecular weight is 453 g/mol. The minimum absolute atomic E-state index is 0.246. The minimum atomic E-state index is -0.259. The maximum atomic E-state index is 12.4. The molecule has 0 bridgehead atoms. The summed E-state index contributed by atoms with van der Waals surface area (Å²) in [5.41, 5.74) is 2.28. The number of hydrogen-bond donors (Lipinski definition) is 2. The summed E-state index contributed by atoms with van der Waals surface area (Å²) < 4.78 is 0.839. The van der Waals surface area contributed by atoms with Crippen molar-refractivity contribution in [2.45, 2.75) is 19.3 Å². The second kappa shape index (κ2) is 8.84.